The standard InChI is InChI=1S/C19H20ClN3O5/c1-27-16-8-7-14(11-15(16)20)22-17(24)12-28-18(25)9-10-21-19(26)23-13-5-3-2-4-6-13/h2-8,11H,9-10,12H2,1H3,(H,22,24)(H2,21,23,26). The highest BCUT2D eigenvalue weighted by Gasteiger charge is 2.10. The molecule has 9 heteroatoms. The Bertz CT molecular complexity index is 830. The van der Waals surface area contributed by atoms with Gasteiger partial charge in [-0.2, -0.15) is 0 Å². The molecule has 0 atom stereocenters. The molecular weight excluding hydrogens is 386 g/mol. The predicted molar refractivity (Wildman–Crippen MR) is 106 cm³/mol. The molecule has 0 aliphatic carbocycles. The minimum Gasteiger partial charge on any atom is -0.495 e. The second-order valence-corrected chi connectivity index (χ2v) is 5.96. The third kappa shape index (κ3) is 7.16. The molecule has 28 heavy (non-hydrogen) atoms. The first-order chi connectivity index (χ1) is 13.5. The lowest BCUT2D eigenvalue weighted by Gasteiger charge is -2.09. The smallest absolute Gasteiger partial charge is 0.319 e. The van der Waals surface area contributed by atoms with Crippen molar-refractivity contribution in [3.8, 4) is 5.75 Å². The third-order valence-electron chi connectivity index (χ3n) is 3.45. The summed E-state index contributed by atoms with van der Waals surface area (Å²) in [5, 5.41) is 8.05. The van der Waals surface area contributed by atoms with E-state index in [1.807, 2.05) is 6.07 Å². The number of carbonyl (C=O) groups excluding carboxylic acids is 3. The summed E-state index contributed by atoms with van der Waals surface area (Å²) in [7, 11) is 1.49. The number of halogens is 1. The summed E-state index contributed by atoms with van der Waals surface area (Å²) in [6.07, 6.45) is -0.0656. The number of ether oxygens (including phenoxy) is 2. The van der Waals surface area contributed by atoms with Crippen molar-refractivity contribution in [1.82, 2.24) is 5.32 Å². The average Bonchev–Trinajstić information content (AvgIpc) is 2.67. The minimum absolute atomic E-state index is 0.0656. The maximum atomic E-state index is 11.8. The molecule has 0 aliphatic heterocycles. The first kappa shape index (κ1) is 21.0. The van der Waals surface area contributed by atoms with E-state index in [0.717, 1.165) is 0 Å². The normalized spacial score (nSPS) is 9.93. The summed E-state index contributed by atoms with van der Waals surface area (Å²) in [6.45, 7) is -0.369. The summed E-state index contributed by atoms with van der Waals surface area (Å²) < 4.78 is 9.89. The molecule has 2 rings (SSSR count). The van der Waals surface area contributed by atoms with Crippen molar-refractivity contribution in [2.45, 2.75) is 6.42 Å². The summed E-state index contributed by atoms with van der Waals surface area (Å²) >= 11 is 5.97. The Labute approximate surface area is 167 Å². The van der Waals surface area contributed by atoms with E-state index in [1.165, 1.54) is 13.2 Å². The van der Waals surface area contributed by atoms with Crippen molar-refractivity contribution in [3.63, 3.8) is 0 Å². The van der Waals surface area contributed by atoms with Crippen LogP contribution in [0.15, 0.2) is 48.5 Å². The van der Waals surface area contributed by atoms with E-state index in [2.05, 4.69) is 16.0 Å². The van der Waals surface area contributed by atoms with Crippen LogP contribution in [0.1, 0.15) is 6.42 Å². The lowest BCUT2D eigenvalue weighted by Crippen LogP contribution is -2.31. The van der Waals surface area contributed by atoms with Crippen molar-refractivity contribution in [2.75, 3.05) is 30.9 Å². The Balaban J connectivity index is 1.64. The Hall–Kier alpha value is -3.26. The predicted octanol–water partition coefficient (Wildman–Crippen LogP) is 3.04. The van der Waals surface area contributed by atoms with Crippen molar-refractivity contribution < 1.29 is 23.9 Å². The Morgan fingerprint density at radius 1 is 1.00 bits per heavy atom. The minimum atomic E-state index is -0.608. The number of para-hydroxylation sites is 1. The molecule has 0 radical (unpaired) electrons. The quantitative estimate of drug-likeness (QED) is 0.585. The van der Waals surface area contributed by atoms with Gasteiger partial charge >= 0.3 is 12.0 Å². The maximum absolute atomic E-state index is 11.8. The van der Waals surface area contributed by atoms with E-state index in [-0.39, 0.29) is 13.0 Å². The van der Waals surface area contributed by atoms with Crippen molar-refractivity contribution in [1.29, 1.82) is 0 Å². The number of nitrogens with one attached hydrogen (secondary N) is 3. The van der Waals surface area contributed by atoms with Gasteiger partial charge in [0.15, 0.2) is 6.61 Å². The molecule has 0 unspecified atom stereocenters. The summed E-state index contributed by atoms with van der Waals surface area (Å²) in [5.74, 6) is -0.637. The number of hydrogen-bond acceptors (Lipinski definition) is 5. The zero-order valence-corrected chi connectivity index (χ0v) is 15.9. The fraction of sp³-hybridized carbons (Fsp3) is 0.211. The molecule has 148 valence electrons. The molecule has 2 aromatic rings. The van der Waals surface area contributed by atoms with Gasteiger partial charge in [-0.25, -0.2) is 4.79 Å². The van der Waals surface area contributed by atoms with Crippen LogP contribution < -0.4 is 20.7 Å². The molecule has 2 aromatic carbocycles. The lowest BCUT2D eigenvalue weighted by molar-refractivity contribution is -0.147. The van der Waals surface area contributed by atoms with Crippen LogP contribution in [0, 0.1) is 0 Å². The first-order valence-electron chi connectivity index (χ1n) is 8.37. The Morgan fingerprint density at radius 3 is 2.43 bits per heavy atom. The van der Waals surface area contributed by atoms with E-state index in [4.69, 9.17) is 21.1 Å². The highest BCUT2D eigenvalue weighted by atomic mass is 35.5. The molecular formula is C19H20ClN3O5. The number of benzene rings is 2. The van der Waals surface area contributed by atoms with Gasteiger partial charge in [0, 0.05) is 17.9 Å². The zero-order valence-electron chi connectivity index (χ0n) is 15.2. The highest BCUT2D eigenvalue weighted by molar-refractivity contribution is 6.32. The van der Waals surface area contributed by atoms with Gasteiger partial charge in [0.1, 0.15) is 5.75 Å². The van der Waals surface area contributed by atoms with Gasteiger partial charge in [0.25, 0.3) is 5.91 Å². The molecule has 0 aromatic heterocycles. The van der Waals surface area contributed by atoms with Crippen LogP contribution in [0.5, 0.6) is 5.75 Å². The highest BCUT2D eigenvalue weighted by Crippen LogP contribution is 2.27. The fourth-order valence-electron chi connectivity index (χ4n) is 2.13. The number of anilines is 2. The Kier molecular flexibility index (Phi) is 8.11. The SMILES string of the molecule is COc1ccc(NC(=O)COC(=O)CCNC(=O)Nc2ccccc2)cc1Cl. The molecule has 0 saturated heterocycles. The Morgan fingerprint density at radius 2 is 1.75 bits per heavy atom. The number of urea groups is 1. The summed E-state index contributed by atoms with van der Waals surface area (Å²) in [4.78, 5) is 35.2. The topological polar surface area (TPSA) is 106 Å². The lowest BCUT2D eigenvalue weighted by atomic mass is 10.3. The average molecular weight is 406 g/mol. The molecule has 0 saturated carbocycles. The van der Waals surface area contributed by atoms with E-state index in [0.29, 0.717) is 22.1 Å². The van der Waals surface area contributed by atoms with Gasteiger partial charge < -0.3 is 25.4 Å². The molecule has 0 aliphatic rings. The van der Waals surface area contributed by atoms with Crippen molar-refractivity contribution in [3.05, 3.63) is 53.6 Å². The molecule has 0 bridgehead atoms. The number of esters is 1. The van der Waals surface area contributed by atoms with Crippen LogP contribution in [0.4, 0.5) is 16.2 Å². The van der Waals surface area contributed by atoms with E-state index in [1.54, 1.807) is 36.4 Å². The second kappa shape index (κ2) is 10.8. The molecule has 0 heterocycles. The van der Waals surface area contributed by atoms with Crippen LogP contribution in [0.2, 0.25) is 5.02 Å². The summed E-state index contributed by atoms with van der Waals surface area (Å²) in [5.41, 5.74) is 1.09. The molecule has 8 nitrogen and oxygen atoms in total. The van der Waals surface area contributed by atoms with Crippen LogP contribution in [-0.2, 0) is 14.3 Å². The number of carbonyl (C=O) groups is 3. The van der Waals surface area contributed by atoms with Crippen molar-refractivity contribution in [2.24, 2.45) is 0 Å². The molecule has 3 N–H and O–H groups in total. The largest absolute Gasteiger partial charge is 0.495 e. The van der Waals surface area contributed by atoms with Crippen LogP contribution in [0.25, 0.3) is 0 Å². The third-order valence-corrected chi connectivity index (χ3v) is 3.74. The van der Waals surface area contributed by atoms with Crippen molar-refractivity contribution >= 4 is 40.9 Å². The van der Waals surface area contributed by atoms with Gasteiger partial charge in [0.05, 0.1) is 18.6 Å². The molecule has 0 spiro atoms. The maximum Gasteiger partial charge on any atom is 0.319 e. The van der Waals surface area contributed by atoms with Gasteiger partial charge in [-0.3, -0.25) is 9.59 Å². The van der Waals surface area contributed by atoms with Crippen LogP contribution in [-0.4, -0.2) is 38.2 Å². The number of amides is 3. The van der Waals surface area contributed by atoms with Gasteiger partial charge in [-0.1, -0.05) is 29.8 Å². The van der Waals surface area contributed by atoms with E-state index in [9.17, 15) is 14.4 Å². The zero-order chi connectivity index (χ0) is 20.4. The molecule has 3 amide bonds. The van der Waals surface area contributed by atoms with Gasteiger partial charge in [-0.15, -0.1) is 0 Å². The van der Waals surface area contributed by atoms with Crippen LogP contribution in [0.3, 0.4) is 0 Å². The van der Waals surface area contributed by atoms with Gasteiger partial charge in [0.2, 0.25) is 0 Å². The number of hydrogen-bond donors (Lipinski definition) is 3. The van der Waals surface area contributed by atoms with Gasteiger partial charge in [-0.05, 0) is 30.3 Å². The monoisotopic (exact) mass is 405 g/mol. The van der Waals surface area contributed by atoms with Crippen LogP contribution >= 0.6 is 11.6 Å². The molecule has 0 fully saturated rings. The van der Waals surface area contributed by atoms with E-state index < -0.39 is 24.5 Å². The second-order valence-electron chi connectivity index (χ2n) is 5.56. The summed E-state index contributed by atoms with van der Waals surface area (Å²) in [6, 6.07) is 13.2. The number of methoxy groups -OCH3 is 1. The first-order valence-corrected chi connectivity index (χ1v) is 8.74. The number of rotatable bonds is 8. The van der Waals surface area contributed by atoms with E-state index >= 15 is 0 Å². The fourth-order valence-corrected chi connectivity index (χ4v) is 2.39.